The number of phosphoric ester groups is 1. The summed E-state index contributed by atoms with van der Waals surface area (Å²) in [4.78, 5) is 22.5. The molecule has 346 valence electrons. The number of unbranched alkanes of at least 4 members (excludes halogenated alkanes) is 26. The monoisotopic (exact) mass is 852 g/mol. The maximum absolute atomic E-state index is 12.6. The van der Waals surface area contributed by atoms with Crippen molar-refractivity contribution in [2.24, 2.45) is 5.73 Å². The highest BCUT2D eigenvalue weighted by Crippen LogP contribution is 2.43. The summed E-state index contributed by atoms with van der Waals surface area (Å²) in [6, 6.07) is 0. The molecule has 0 heterocycles. The summed E-state index contributed by atoms with van der Waals surface area (Å²) in [5.74, 6) is -0.340. The molecule has 59 heavy (non-hydrogen) atoms. The number of hydrogen-bond donors (Lipinski definition) is 2. The molecule has 2 unspecified atom stereocenters. The SMILES string of the molecule is CCCCCCC/C=C\C/C=C\C/C=C\CCCCCCCCCCCOCC(COP(=O)(O)OCCN)OC(=O)CCCCCCC/C=C\CCCCCCCCC. The highest BCUT2D eigenvalue weighted by molar-refractivity contribution is 7.47. The van der Waals surface area contributed by atoms with Gasteiger partial charge in [0, 0.05) is 19.6 Å². The van der Waals surface area contributed by atoms with Gasteiger partial charge in [-0.3, -0.25) is 13.8 Å². The number of esters is 1. The van der Waals surface area contributed by atoms with Crippen LogP contribution in [0.15, 0.2) is 48.6 Å². The van der Waals surface area contributed by atoms with Crippen LogP contribution in [0.4, 0.5) is 0 Å². The van der Waals surface area contributed by atoms with E-state index in [1.165, 1.54) is 148 Å². The first-order valence-electron chi connectivity index (χ1n) is 24.6. The van der Waals surface area contributed by atoms with Crippen LogP contribution in [-0.2, 0) is 27.9 Å². The lowest BCUT2D eigenvalue weighted by Crippen LogP contribution is -2.28. The van der Waals surface area contributed by atoms with Crippen LogP contribution >= 0.6 is 7.82 Å². The molecule has 0 aliphatic heterocycles. The molecule has 0 aromatic carbocycles. The van der Waals surface area contributed by atoms with E-state index in [0.29, 0.717) is 13.0 Å². The lowest BCUT2D eigenvalue weighted by molar-refractivity contribution is -0.154. The molecule has 0 radical (unpaired) electrons. The molecule has 0 aliphatic rings. The Kier molecular flexibility index (Phi) is 46.3. The standard InChI is InChI=1S/C50H94NO7P/c1-3-5-7-9-11-13-15-17-19-21-22-23-24-25-26-27-28-30-32-34-36-38-40-42-45-55-47-49(48-57-59(53,54)56-46-44-51)58-50(52)43-41-39-37-35-33-31-29-20-18-16-14-12-10-8-6-4-2/h15,17,20-22,24-25,29,49H,3-14,16,18-19,23,26-28,30-48,51H2,1-2H3,(H,53,54)/b17-15-,22-21-,25-24-,29-20-. The molecule has 0 amide bonds. The van der Waals surface area contributed by atoms with Gasteiger partial charge in [0.1, 0.15) is 6.10 Å². The van der Waals surface area contributed by atoms with Gasteiger partial charge in [0.2, 0.25) is 0 Å². The first-order chi connectivity index (χ1) is 28.9. The first kappa shape index (κ1) is 57.5. The average Bonchev–Trinajstić information content (AvgIpc) is 3.23. The molecule has 0 rings (SSSR count). The van der Waals surface area contributed by atoms with E-state index in [4.69, 9.17) is 24.3 Å². The summed E-state index contributed by atoms with van der Waals surface area (Å²) in [5.41, 5.74) is 5.38. The molecular formula is C50H94NO7P. The summed E-state index contributed by atoms with van der Waals surface area (Å²) in [7, 11) is -4.28. The number of nitrogens with two attached hydrogens (primary N) is 1. The zero-order valence-electron chi connectivity index (χ0n) is 38.5. The van der Waals surface area contributed by atoms with Gasteiger partial charge in [0.15, 0.2) is 0 Å². The normalized spacial score (nSPS) is 13.8. The number of allylic oxidation sites excluding steroid dienone is 8. The molecule has 0 fully saturated rings. The van der Waals surface area contributed by atoms with Crippen LogP contribution in [0.25, 0.3) is 0 Å². The van der Waals surface area contributed by atoms with Gasteiger partial charge >= 0.3 is 13.8 Å². The van der Waals surface area contributed by atoms with Crippen LogP contribution in [-0.4, -0.2) is 49.9 Å². The van der Waals surface area contributed by atoms with E-state index in [1.54, 1.807) is 0 Å². The van der Waals surface area contributed by atoms with Crippen molar-refractivity contribution >= 4 is 13.8 Å². The van der Waals surface area contributed by atoms with Gasteiger partial charge in [0.25, 0.3) is 0 Å². The lowest BCUT2D eigenvalue weighted by Gasteiger charge is -2.20. The molecule has 0 saturated heterocycles. The minimum Gasteiger partial charge on any atom is -0.457 e. The molecule has 9 heteroatoms. The maximum Gasteiger partial charge on any atom is 0.472 e. The minimum absolute atomic E-state index is 0.0971. The Balaban J connectivity index is 3.97. The van der Waals surface area contributed by atoms with Crippen LogP contribution in [0.5, 0.6) is 0 Å². The molecule has 0 aromatic heterocycles. The zero-order chi connectivity index (χ0) is 43.0. The number of hydrogen-bond acceptors (Lipinski definition) is 7. The van der Waals surface area contributed by atoms with Crippen molar-refractivity contribution in [3.8, 4) is 0 Å². The van der Waals surface area contributed by atoms with Gasteiger partial charge in [-0.25, -0.2) is 4.57 Å². The highest BCUT2D eigenvalue weighted by Gasteiger charge is 2.25. The fourth-order valence-electron chi connectivity index (χ4n) is 6.82. The van der Waals surface area contributed by atoms with Crippen molar-refractivity contribution in [2.45, 2.75) is 232 Å². The third kappa shape index (κ3) is 47.4. The van der Waals surface area contributed by atoms with Crippen LogP contribution in [0, 0.1) is 0 Å². The van der Waals surface area contributed by atoms with E-state index < -0.39 is 13.9 Å². The quantitative estimate of drug-likeness (QED) is 0.0269. The van der Waals surface area contributed by atoms with Crippen LogP contribution in [0.3, 0.4) is 0 Å². The van der Waals surface area contributed by atoms with Crippen molar-refractivity contribution in [2.75, 3.05) is 33.0 Å². The Morgan fingerprint density at radius 3 is 1.36 bits per heavy atom. The Hall–Kier alpha value is -1.54. The number of phosphoric acid groups is 1. The Morgan fingerprint density at radius 2 is 0.898 bits per heavy atom. The second kappa shape index (κ2) is 47.5. The van der Waals surface area contributed by atoms with E-state index in [-0.39, 0.29) is 32.3 Å². The maximum atomic E-state index is 12.6. The Bertz CT molecular complexity index is 1050. The van der Waals surface area contributed by atoms with E-state index >= 15 is 0 Å². The second-order valence-corrected chi connectivity index (χ2v) is 17.8. The van der Waals surface area contributed by atoms with Crippen molar-refractivity contribution in [3.05, 3.63) is 48.6 Å². The summed E-state index contributed by atoms with van der Waals surface area (Å²) < 4.78 is 33.5. The molecule has 0 saturated carbocycles. The first-order valence-corrected chi connectivity index (χ1v) is 26.1. The smallest absolute Gasteiger partial charge is 0.457 e. The average molecular weight is 852 g/mol. The van der Waals surface area contributed by atoms with Crippen LogP contribution in [0.1, 0.15) is 226 Å². The molecule has 2 atom stereocenters. The topological polar surface area (TPSA) is 117 Å². The molecule has 3 N–H and O–H groups in total. The van der Waals surface area contributed by atoms with E-state index in [0.717, 1.165) is 57.8 Å². The van der Waals surface area contributed by atoms with Gasteiger partial charge < -0.3 is 20.1 Å². The molecule has 0 spiro atoms. The number of rotatable bonds is 47. The molecular weight excluding hydrogens is 758 g/mol. The minimum atomic E-state index is -4.28. The predicted octanol–water partition coefficient (Wildman–Crippen LogP) is 15.1. The van der Waals surface area contributed by atoms with Gasteiger partial charge in [-0.2, -0.15) is 0 Å². The number of carbonyl (C=O) groups excluding carboxylic acids is 1. The Labute approximate surface area is 364 Å². The van der Waals surface area contributed by atoms with Crippen LogP contribution < -0.4 is 5.73 Å². The van der Waals surface area contributed by atoms with Crippen LogP contribution in [0.2, 0.25) is 0 Å². The van der Waals surface area contributed by atoms with Gasteiger partial charge in [-0.15, -0.1) is 0 Å². The molecule has 0 bridgehead atoms. The van der Waals surface area contributed by atoms with E-state index in [9.17, 15) is 14.3 Å². The number of carbonyl (C=O) groups is 1. The Morgan fingerprint density at radius 1 is 0.508 bits per heavy atom. The van der Waals surface area contributed by atoms with Crippen molar-refractivity contribution in [1.29, 1.82) is 0 Å². The van der Waals surface area contributed by atoms with Gasteiger partial charge in [-0.1, -0.05) is 191 Å². The number of ether oxygens (including phenoxy) is 2. The molecule has 0 aromatic rings. The second-order valence-electron chi connectivity index (χ2n) is 16.3. The van der Waals surface area contributed by atoms with Gasteiger partial charge in [0.05, 0.1) is 19.8 Å². The van der Waals surface area contributed by atoms with Gasteiger partial charge in [-0.05, 0) is 77.0 Å². The summed E-state index contributed by atoms with van der Waals surface area (Å²) in [5, 5.41) is 0. The molecule has 8 nitrogen and oxygen atoms in total. The predicted molar refractivity (Wildman–Crippen MR) is 252 cm³/mol. The zero-order valence-corrected chi connectivity index (χ0v) is 39.4. The molecule has 0 aliphatic carbocycles. The summed E-state index contributed by atoms with van der Waals surface area (Å²) in [6.07, 6.45) is 57.1. The van der Waals surface area contributed by atoms with Crippen molar-refractivity contribution < 1.29 is 32.8 Å². The lowest BCUT2D eigenvalue weighted by atomic mass is 10.1. The fraction of sp³-hybridized carbons (Fsp3) is 0.820. The third-order valence-electron chi connectivity index (χ3n) is 10.5. The van der Waals surface area contributed by atoms with Crippen molar-refractivity contribution in [3.63, 3.8) is 0 Å². The fourth-order valence-corrected chi connectivity index (χ4v) is 7.59. The largest absolute Gasteiger partial charge is 0.472 e. The summed E-state index contributed by atoms with van der Waals surface area (Å²) in [6.45, 7) is 4.90. The summed E-state index contributed by atoms with van der Waals surface area (Å²) >= 11 is 0. The van der Waals surface area contributed by atoms with Crippen molar-refractivity contribution in [1.82, 2.24) is 0 Å². The third-order valence-corrected chi connectivity index (χ3v) is 11.5. The van der Waals surface area contributed by atoms with E-state index in [1.807, 2.05) is 0 Å². The van der Waals surface area contributed by atoms with E-state index in [2.05, 4.69) is 62.5 Å². The highest BCUT2D eigenvalue weighted by atomic mass is 31.2.